The van der Waals surface area contributed by atoms with E-state index in [9.17, 15) is 20.1 Å². The van der Waals surface area contributed by atoms with Gasteiger partial charge in [-0.3, -0.25) is 9.59 Å². The molecule has 1 spiro atoms. The molecule has 2 aliphatic heterocycles. The summed E-state index contributed by atoms with van der Waals surface area (Å²) in [6.45, 7) is 0. The predicted molar refractivity (Wildman–Crippen MR) is 69.5 cm³/mol. The number of nitrogens with two attached hydrogens (primary N) is 1. The Balaban J connectivity index is 2.15. The van der Waals surface area contributed by atoms with Crippen molar-refractivity contribution in [2.45, 2.75) is 5.41 Å². The lowest BCUT2D eigenvalue weighted by atomic mass is 9.85. The van der Waals surface area contributed by atoms with Gasteiger partial charge in [0.15, 0.2) is 10.8 Å². The Labute approximate surface area is 118 Å². The van der Waals surface area contributed by atoms with E-state index in [4.69, 9.17) is 5.73 Å². The average Bonchev–Trinajstić information content (AvgIpc) is 2.82. The standard InChI is InChI=1S/C14H7N5O2/c15-5-12-9(17)19-10(20)13(12,6-16)14(12)7-3-1-2-4-8(7)18-11(14)21/h1-4H,(H,18,21)(H2,17,19,20)/t12-,13-,14-/m0/s1. The molecule has 3 aliphatic rings. The lowest BCUT2D eigenvalue weighted by Crippen LogP contribution is -2.36. The summed E-state index contributed by atoms with van der Waals surface area (Å²) in [7, 11) is 0. The Bertz CT molecular complexity index is 876. The number of benzene rings is 1. The van der Waals surface area contributed by atoms with Gasteiger partial charge in [0.2, 0.25) is 5.91 Å². The highest BCUT2D eigenvalue weighted by molar-refractivity contribution is 6.30. The van der Waals surface area contributed by atoms with Gasteiger partial charge in [-0.15, -0.1) is 0 Å². The fourth-order valence-corrected chi connectivity index (χ4v) is 3.99. The predicted octanol–water partition coefficient (Wildman–Crippen LogP) is -0.193. The third-order valence-electron chi connectivity index (χ3n) is 4.81. The third kappa shape index (κ3) is 0.735. The van der Waals surface area contributed by atoms with Crippen molar-refractivity contribution < 1.29 is 9.59 Å². The molecule has 21 heavy (non-hydrogen) atoms. The number of nitrogens with zero attached hydrogens (tertiary/aromatic N) is 3. The summed E-state index contributed by atoms with van der Waals surface area (Å²) in [5.74, 6) is -1.64. The maximum absolute atomic E-state index is 12.6. The van der Waals surface area contributed by atoms with Crippen molar-refractivity contribution in [1.29, 1.82) is 10.5 Å². The van der Waals surface area contributed by atoms with Crippen molar-refractivity contribution in [2.24, 2.45) is 21.6 Å². The molecule has 1 fully saturated rings. The Morgan fingerprint density at radius 1 is 1.14 bits per heavy atom. The molecule has 0 aromatic heterocycles. The van der Waals surface area contributed by atoms with Gasteiger partial charge in [0.1, 0.15) is 11.3 Å². The molecule has 3 atom stereocenters. The van der Waals surface area contributed by atoms with Crippen LogP contribution in [0.4, 0.5) is 5.69 Å². The molecule has 100 valence electrons. The van der Waals surface area contributed by atoms with Gasteiger partial charge in [-0.25, -0.2) is 0 Å². The van der Waals surface area contributed by atoms with E-state index in [0.717, 1.165) is 0 Å². The summed E-state index contributed by atoms with van der Waals surface area (Å²) in [6.07, 6.45) is 0. The number of carbonyl (C=O) groups is 2. The van der Waals surface area contributed by atoms with Crippen LogP contribution in [0.2, 0.25) is 0 Å². The number of nitriles is 2. The first-order valence-electron chi connectivity index (χ1n) is 6.17. The molecule has 1 aromatic rings. The number of carbonyl (C=O) groups excluding carboxylic acids is 2. The van der Waals surface area contributed by atoms with Crippen molar-refractivity contribution in [1.82, 2.24) is 0 Å². The summed E-state index contributed by atoms with van der Waals surface area (Å²) in [5, 5.41) is 21.9. The van der Waals surface area contributed by atoms with Gasteiger partial charge >= 0.3 is 0 Å². The van der Waals surface area contributed by atoms with Gasteiger partial charge in [-0.1, -0.05) is 18.2 Å². The van der Waals surface area contributed by atoms with E-state index in [1.54, 1.807) is 24.3 Å². The molecule has 4 rings (SSSR count). The molecule has 0 bridgehead atoms. The quantitative estimate of drug-likeness (QED) is 0.678. The summed E-state index contributed by atoms with van der Waals surface area (Å²) in [5.41, 5.74) is 1.52. The summed E-state index contributed by atoms with van der Waals surface area (Å²) in [6, 6.07) is 10.5. The second kappa shape index (κ2) is 2.94. The molecule has 0 radical (unpaired) electrons. The molecule has 0 unspecified atom stereocenters. The van der Waals surface area contributed by atoms with Crippen LogP contribution in [0.15, 0.2) is 29.3 Å². The Hall–Kier alpha value is -3.19. The van der Waals surface area contributed by atoms with Crippen LogP contribution in [-0.4, -0.2) is 17.6 Å². The Morgan fingerprint density at radius 2 is 1.81 bits per heavy atom. The average molecular weight is 277 g/mol. The van der Waals surface area contributed by atoms with Crippen LogP contribution in [0.1, 0.15) is 5.56 Å². The first-order valence-corrected chi connectivity index (χ1v) is 6.17. The van der Waals surface area contributed by atoms with Crippen LogP contribution in [-0.2, 0) is 15.0 Å². The minimum Gasteiger partial charge on any atom is -0.386 e. The van der Waals surface area contributed by atoms with E-state index in [1.807, 2.05) is 12.1 Å². The maximum Gasteiger partial charge on any atom is 0.271 e. The zero-order valence-corrected chi connectivity index (χ0v) is 10.5. The normalized spacial score (nSPS) is 38.1. The van der Waals surface area contributed by atoms with Gasteiger partial charge in [0.25, 0.3) is 5.91 Å². The largest absolute Gasteiger partial charge is 0.386 e. The fourth-order valence-electron chi connectivity index (χ4n) is 3.99. The van der Waals surface area contributed by atoms with Crippen LogP contribution in [0.25, 0.3) is 0 Å². The van der Waals surface area contributed by atoms with E-state index < -0.39 is 28.1 Å². The lowest BCUT2D eigenvalue weighted by Gasteiger charge is -2.14. The summed E-state index contributed by atoms with van der Waals surface area (Å²) >= 11 is 0. The van der Waals surface area contributed by atoms with E-state index in [-0.39, 0.29) is 5.84 Å². The lowest BCUT2D eigenvalue weighted by molar-refractivity contribution is -0.125. The van der Waals surface area contributed by atoms with Gasteiger partial charge in [-0.05, 0) is 11.6 Å². The molecule has 1 aromatic carbocycles. The smallest absolute Gasteiger partial charge is 0.271 e. The molecular formula is C14H7N5O2. The number of nitrogens with one attached hydrogen (secondary N) is 1. The van der Waals surface area contributed by atoms with Crippen LogP contribution in [0, 0.1) is 33.5 Å². The fraction of sp³-hybridized carbons (Fsp3) is 0.214. The van der Waals surface area contributed by atoms with Crippen molar-refractivity contribution in [3.63, 3.8) is 0 Å². The first-order chi connectivity index (χ1) is 10.0. The van der Waals surface area contributed by atoms with Gasteiger partial charge < -0.3 is 11.1 Å². The van der Waals surface area contributed by atoms with Crippen LogP contribution in [0.3, 0.4) is 0 Å². The van der Waals surface area contributed by atoms with E-state index in [2.05, 4.69) is 10.3 Å². The van der Waals surface area contributed by atoms with E-state index in [0.29, 0.717) is 11.3 Å². The van der Waals surface area contributed by atoms with Gasteiger partial charge in [0, 0.05) is 5.69 Å². The highest BCUT2D eigenvalue weighted by Crippen LogP contribution is 2.82. The second-order valence-electron chi connectivity index (χ2n) is 5.28. The second-order valence-corrected chi connectivity index (χ2v) is 5.28. The Kier molecular flexibility index (Phi) is 1.63. The molecule has 0 saturated heterocycles. The number of anilines is 1. The number of amidine groups is 1. The molecular weight excluding hydrogens is 270 g/mol. The molecule has 1 aliphatic carbocycles. The number of hydrogen-bond acceptors (Lipinski definition) is 5. The van der Waals surface area contributed by atoms with Crippen molar-refractivity contribution in [2.75, 3.05) is 5.32 Å². The third-order valence-corrected chi connectivity index (χ3v) is 4.81. The number of para-hydroxylation sites is 1. The van der Waals surface area contributed by atoms with Crippen molar-refractivity contribution in [3.8, 4) is 12.1 Å². The molecule has 2 amide bonds. The van der Waals surface area contributed by atoms with Crippen LogP contribution >= 0.6 is 0 Å². The topological polar surface area (TPSA) is 132 Å². The molecule has 7 heteroatoms. The Morgan fingerprint density at radius 3 is 2.43 bits per heavy atom. The van der Waals surface area contributed by atoms with Crippen LogP contribution in [0.5, 0.6) is 0 Å². The molecule has 3 N–H and O–H groups in total. The van der Waals surface area contributed by atoms with E-state index >= 15 is 0 Å². The summed E-state index contributed by atoms with van der Waals surface area (Å²) in [4.78, 5) is 28.4. The number of fused-ring (bicyclic) bond motifs is 5. The number of amides is 2. The van der Waals surface area contributed by atoms with Gasteiger partial charge in [0.05, 0.1) is 12.1 Å². The highest BCUT2D eigenvalue weighted by Gasteiger charge is 3.01. The summed E-state index contributed by atoms with van der Waals surface area (Å²) < 4.78 is 0. The highest BCUT2D eigenvalue weighted by atomic mass is 16.2. The zero-order valence-electron chi connectivity index (χ0n) is 10.5. The van der Waals surface area contributed by atoms with E-state index in [1.165, 1.54) is 0 Å². The molecule has 1 saturated carbocycles. The molecule has 2 heterocycles. The van der Waals surface area contributed by atoms with Gasteiger partial charge in [-0.2, -0.15) is 15.5 Å². The number of hydrogen-bond donors (Lipinski definition) is 2. The SMILES string of the molecule is N#C[C@]12C(=O)N=C(N)[C@]1(C#N)[C@]21C(=O)Nc2ccccc21. The van der Waals surface area contributed by atoms with Crippen molar-refractivity contribution in [3.05, 3.63) is 29.8 Å². The zero-order chi connectivity index (χ0) is 15.0. The van der Waals surface area contributed by atoms with Crippen LogP contribution < -0.4 is 11.1 Å². The minimum atomic E-state index is -1.87. The van der Waals surface area contributed by atoms with Crippen molar-refractivity contribution >= 4 is 23.3 Å². The first kappa shape index (κ1) is 11.6. The maximum atomic E-state index is 12.6. The number of aliphatic imine (C=N–C) groups is 1. The monoisotopic (exact) mass is 277 g/mol. The minimum absolute atomic E-state index is 0.261. The molecule has 7 nitrogen and oxygen atoms in total. The number of rotatable bonds is 0.